The molecule has 4 atom stereocenters. The van der Waals surface area contributed by atoms with E-state index in [1.807, 2.05) is 30.3 Å². The zero-order valence-electron chi connectivity index (χ0n) is 13.3. The molecule has 6 heteroatoms. The molecule has 1 fully saturated rings. The standard InChI is InChI=1S/C17H25FN2O3/c1-19-14(22)10-17(16(23)15(18)13(11-21)20-17)9-5-8-12-6-3-2-4-7-12/h2-4,6-7,13,15-16,20-21,23H,5,8-11H2,1H3,(H,19,22)/t13-,15+,16+,17-/m1/s1. The monoisotopic (exact) mass is 324 g/mol. The summed E-state index contributed by atoms with van der Waals surface area (Å²) in [6.45, 7) is -0.410. The molecule has 0 radical (unpaired) electrons. The Morgan fingerprint density at radius 1 is 1.39 bits per heavy atom. The van der Waals surface area contributed by atoms with Gasteiger partial charge in [0.25, 0.3) is 0 Å². The molecular formula is C17H25FN2O3. The molecule has 1 aliphatic rings. The van der Waals surface area contributed by atoms with E-state index < -0.39 is 30.5 Å². The summed E-state index contributed by atoms with van der Waals surface area (Å²) < 4.78 is 14.2. The topological polar surface area (TPSA) is 81.6 Å². The predicted octanol–water partition coefficient (Wildman–Crippen LogP) is 0.547. The highest BCUT2D eigenvalue weighted by molar-refractivity contribution is 5.77. The summed E-state index contributed by atoms with van der Waals surface area (Å²) in [5, 5.41) is 25.1. The largest absolute Gasteiger partial charge is 0.395 e. The fourth-order valence-electron chi connectivity index (χ4n) is 3.30. The fraction of sp³-hybridized carbons (Fsp3) is 0.588. The van der Waals surface area contributed by atoms with Crippen molar-refractivity contribution in [2.75, 3.05) is 13.7 Å². The SMILES string of the molecule is CNC(=O)C[C@@]1(CCCc2ccccc2)N[C@H](CO)[C@H](F)[C@@H]1O. The van der Waals surface area contributed by atoms with Crippen molar-refractivity contribution in [3.8, 4) is 0 Å². The molecule has 0 aliphatic carbocycles. The summed E-state index contributed by atoms with van der Waals surface area (Å²) >= 11 is 0. The Bertz CT molecular complexity index is 514. The third-order valence-corrected chi connectivity index (χ3v) is 4.61. The van der Waals surface area contributed by atoms with E-state index in [-0.39, 0.29) is 12.3 Å². The number of carbonyl (C=O) groups excluding carboxylic acids is 1. The van der Waals surface area contributed by atoms with Crippen molar-refractivity contribution in [3.63, 3.8) is 0 Å². The van der Waals surface area contributed by atoms with E-state index in [9.17, 15) is 19.4 Å². The van der Waals surface area contributed by atoms with Crippen LogP contribution in [0.2, 0.25) is 0 Å². The summed E-state index contributed by atoms with van der Waals surface area (Å²) in [6, 6.07) is 9.04. The van der Waals surface area contributed by atoms with Crippen LogP contribution in [0.4, 0.5) is 4.39 Å². The first-order chi connectivity index (χ1) is 11.0. The first-order valence-electron chi connectivity index (χ1n) is 7.97. The molecule has 0 aromatic heterocycles. The van der Waals surface area contributed by atoms with E-state index >= 15 is 0 Å². The van der Waals surface area contributed by atoms with Gasteiger partial charge in [-0.05, 0) is 24.8 Å². The molecule has 1 saturated heterocycles. The van der Waals surface area contributed by atoms with E-state index in [0.717, 1.165) is 12.0 Å². The lowest BCUT2D eigenvalue weighted by Gasteiger charge is -2.33. The van der Waals surface area contributed by atoms with Gasteiger partial charge in [0.1, 0.15) is 12.3 Å². The molecule has 1 aromatic carbocycles. The number of halogens is 1. The zero-order valence-corrected chi connectivity index (χ0v) is 13.3. The van der Waals surface area contributed by atoms with E-state index in [0.29, 0.717) is 12.8 Å². The first-order valence-corrected chi connectivity index (χ1v) is 7.97. The second kappa shape index (κ2) is 7.86. The minimum Gasteiger partial charge on any atom is -0.395 e. The Labute approximate surface area is 135 Å². The smallest absolute Gasteiger partial charge is 0.221 e. The number of aliphatic hydroxyl groups excluding tert-OH is 2. The predicted molar refractivity (Wildman–Crippen MR) is 85.7 cm³/mol. The van der Waals surface area contributed by atoms with Gasteiger partial charge in [0, 0.05) is 13.5 Å². The molecular weight excluding hydrogens is 299 g/mol. The Morgan fingerprint density at radius 3 is 2.65 bits per heavy atom. The van der Waals surface area contributed by atoms with Crippen molar-refractivity contribution in [2.24, 2.45) is 0 Å². The van der Waals surface area contributed by atoms with Crippen LogP contribution in [0.25, 0.3) is 0 Å². The van der Waals surface area contributed by atoms with Gasteiger partial charge >= 0.3 is 0 Å². The highest BCUT2D eigenvalue weighted by Crippen LogP contribution is 2.34. The summed E-state index contributed by atoms with van der Waals surface area (Å²) in [5.41, 5.74) is 0.118. The van der Waals surface area contributed by atoms with Crippen LogP contribution in [0.5, 0.6) is 0 Å². The number of benzene rings is 1. The molecule has 2 rings (SSSR count). The maximum absolute atomic E-state index is 14.2. The third kappa shape index (κ3) is 4.07. The quantitative estimate of drug-likeness (QED) is 0.590. The number of carbonyl (C=O) groups is 1. The lowest BCUT2D eigenvalue weighted by molar-refractivity contribution is -0.123. The maximum atomic E-state index is 14.2. The molecule has 1 heterocycles. The lowest BCUT2D eigenvalue weighted by Crippen LogP contribution is -2.52. The van der Waals surface area contributed by atoms with Crippen molar-refractivity contribution in [1.82, 2.24) is 10.6 Å². The van der Waals surface area contributed by atoms with Crippen LogP contribution in [0, 0.1) is 0 Å². The number of amides is 1. The number of rotatable bonds is 7. The fourth-order valence-corrected chi connectivity index (χ4v) is 3.30. The normalized spacial score (nSPS) is 30.3. The average Bonchev–Trinajstić information content (AvgIpc) is 2.80. The first kappa shape index (κ1) is 17.8. The van der Waals surface area contributed by atoms with E-state index in [4.69, 9.17) is 0 Å². The Hall–Kier alpha value is -1.50. The van der Waals surface area contributed by atoms with Crippen LogP contribution in [-0.4, -0.2) is 53.6 Å². The molecule has 1 aromatic rings. The maximum Gasteiger partial charge on any atom is 0.221 e. The Morgan fingerprint density at radius 2 is 2.09 bits per heavy atom. The number of hydrogen-bond acceptors (Lipinski definition) is 4. The van der Waals surface area contributed by atoms with Crippen molar-refractivity contribution >= 4 is 5.91 Å². The molecule has 128 valence electrons. The minimum absolute atomic E-state index is 0.0175. The van der Waals surface area contributed by atoms with Gasteiger partial charge in [-0.2, -0.15) is 0 Å². The lowest BCUT2D eigenvalue weighted by atomic mass is 9.84. The molecule has 1 amide bonds. The van der Waals surface area contributed by atoms with Gasteiger partial charge in [-0.25, -0.2) is 4.39 Å². The summed E-state index contributed by atoms with van der Waals surface area (Å²) in [6.07, 6.45) is -0.973. The van der Waals surface area contributed by atoms with Crippen LogP contribution >= 0.6 is 0 Å². The van der Waals surface area contributed by atoms with Crippen LogP contribution in [0.3, 0.4) is 0 Å². The van der Waals surface area contributed by atoms with Gasteiger partial charge in [-0.3, -0.25) is 4.79 Å². The molecule has 0 unspecified atom stereocenters. The van der Waals surface area contributed by atoms with Gasteiger partial charge in [0.2, 0.25) is 5.91 Å². The van der Waals surface area contributed by atoms with Gasteiger partial charge in [-0.15, -0.1) is 0 Å². The molecule has 5 nitrogen and oxygen atoms in total. The van der Waals surface area contributed by atoms with Crippen molar-refractivity contribution in [3.05, 3.63) is 35.9 Å². The highest BCUT2D eigenvalue weighted by atomic mass is 19.1. The van der Waals surface area contributed by atoms with Crippen LogP contribution in [-0.2, 0) is 11.2 Å². The highest BCUT2D eigenvalue weighted by Gasteiger charge is 2.53. The Balaban J connectivity index is 2.06. The molecule has 0 bridgehead atoms. The number of alkyl halides is 1. The van der Waals surface area contributed by atoms with Gasteiger partial charge in [-0.1, -0.05) is 30.3 Å². The summed E-state index contributed by atoms with van der Waals surface area (Å²) in [7, 11) is 1.51. The number of aliphatic hydroxyl groups is 2. The summed E-state index contributed by atoms with van der Waals surface area (Å²) in [5.74, 6) is -0.262. The molecule has 0 spiro atoms. The molecule has 1 aliphatic heterocycles. The second-order valence-corrected chi connectivity index (χ2v) is 6.17. The van der Waals surface area contributed by atoms with E-state index in [1.165, 1.54) is 7.05 Å². The molecule has 23 heavy (non-hydrogen) atoms. The van der Waals surface area contributed by atoms with Crippen LogP contribution < -0.4 is 10.6 Å². The zero-order chi connectivity index (χ0) is 16.9. The minimum atomic E-state index is -1.58. The van der Waals surface area contributed by atoms with Crippen LogP contribution in [0.15, 0.2) is 30.3 Å². The average molecular weight is 324 g/mol. The van der Waals surface area contributed by atoms with Crippen molar-refractivity contribution in [1.29, 1.82) is 0 Å². The number of aryl methyl sites for hydroxylation is 1. The number of nitrogens with one attached hydrogen (secondary N) is 2. The van der Waals surface area contributed by atoms with E-state index in [2.05, 4.69) is 10.6 Å². The van der Waals surface area contributed by atoms with Gasteiger partial charge in [0.05, 0.1) is 18.2 Å². The third-order valence-electron chi connectivity index (χ3n) is 4.61. The van der Waals surface area contributed by atoms with Crippen molar-refractivity contribution < 1.29 is 19.4 Å². The van der Waals surface area contributed by atoms with E-state index in [1.54, 1.807) is 0 Å². The molecule has 0 saturated carbocycles. The van der Waals surface area contributed by atoms with Gasteiger partial charge in [0.15, 0.2) is 0 Å². The Kier molecular flexibility index (Phi) is 6.10. The molecule has 4 N–H and O–H groups in total. The summed E-state index contributed by atoms with van der Waals surface area (Å²) in [4.78, 5) is 11.8. The van der Waals surface area contributed by atoms with Gasteiger partial charge < -0.3 is 20.8 Å². The second-order valence-electron chi connectivity index (χ2n) is 6.17. The van der Waals surface area contributed by atoms with Crippen molar-refractivity contribution in [2.45, 2.75) is 49.5 Å². The number of hydrogen-bond donors (Lipinski definition) is 4. The van der Waals surface area contributed by atoms with Crippen LogP contribution in [0.1, 0.15) is 24.8 Å².